The summed E-state index contributed by atoms with van der Waals surface area (Å²) >= 11 is 6.16. The molecular weight excluding hydrogens is 422 g/mol. The van der Waals surface area contributed by atoms with Gasteiger partial charge in [0.1, 0.15) is 11.4 Å². The average molecular weight is 446 g/mol. The van der Waals surface area contributed by atoms with E-state index in [0.717, 1.165) is 63.6 Å². The van der Waals surface area contributed by atoms with Crippen LogP contribution in [0.3, 0.4) is 0 Å². The molecule has 4 aromatic rings. The molecule has 2 aromatic carbocycles. The summed E-state index contributed by atoms with van der Waals surface area (Å²) in [6, 6.07) is 19.8. The van der Waals surface area contributed by atoms with Crippen LogP contribution in [0.15, 0.2) is 71.7 Å². The molecule has 0 amide bonds. The number of pyridine rings is 2. The third kappa shape index (κ3) is 4.01. The molecule has 0 atom stereocenters. The Morgan fingerprint density at radius 3 is 2.62 bits per heavy atom. The van der Waals surface area contributed by atoms with E-state index >= 15 is 0 Å². The number of nitrogens with zero attached hydrogens (tertiary/aromatic N) is 3. The van der Waals surface area contributed by atoms with Gasteiger partial charge in [0.2, 0.25) is 0 Å². The van der Waals surface area contributed by atoms with Crippen LogP contribution in [-0.4, -0.2) is 28.1 Å². The van der Waals surface area contributed by atoms with Gasteiger partial charge in [-0.2, -0.15) is 0 Å². The maximum atomic E-state index is 13.7. The zero-order valence-corrected chi connectivity index (χ0v) is 18.7. The average Bonchev–Trinajstić information content (AvgIpc) is 2.82. The fourth-order valence-electron chi connectivity index (χ4n) is 4.51. The van der Waals surface area contributed by atoms with Gasteiger partial charge in [-0.05, 0) is 59.5 Å². The molecule has 2 aromatic heterocycles. The number of aromatic nitrogens is 2. The Kier molecular flexibility index (Phi) is 5.68. The second kappa shape index (κ2) is 8.77. The van der Waals surface area contributed by atoms with Crippen LogP contribution in [-0.2, 0) is 26.1 Å². The zero-order chi connectivity index (χ0) is 22.1. The highest BCUT2D eigenvalue weighted by molar-refractivity contribution is 6.30. The van der Waals surface area contributed by atoms with Crippen LogP contribution >= 0.6 is 11.6 Å². The molecule has 0 saturated heterocycles. The predicted molar refractivity (Wildman–Crippen MR) is 127 cm³/mol. The minimum atomic E-state index is 0.0396. The van der Waals surface area contributed by atoms with Gasteiger partial charge in [0.05, 0.1) is 13.7 Å². The monoisotopic (exact) mass is 445 g/mol. The molecule has 162 valence electrons. The summed E-state index contributed by atoms with van der Waals surface area (Å²) in [4.78, 5) is 20.6. The van der Waals surface area contributed by atoms with E-state index in [2.05, 4.69) is 22.0 Å². The summed E-state index contributed by atoms with van der Waals surface area (Å²) in [6.45, 7) is 2.75. The van der Waals surface area contributed by atoms with Gasteiger partial charge in [0.25, 0.3) is 5.56 Å². The molecule has 5 nitrogen and oxygen atoms in total. The van der Waals surface area contributed by atoms with Gasteiger partial charge in [-0.25, -0.2) is 4.98 Å². The molecule has 0 N–H and O–H groups in total. The third-order valence-corrected chi connectivity index (χ3v) is 6.32. The van der Waals surface area contributed by atoms with Crippen molar-refractivity contribution in [3.05, 3.63) is 104 Å². The second-order valence-corrected chi connectivity index (χ2v) is 8.60. The largest absolute Gasteiger partial charge is 0.497 e. The van der Waals surface area contributed by atoms with Crippen molar-refractivity contribution < 1.29 is 4.74 Å². The number of halogens is 1. The van der Waals surface area contributed by atoms with Crippen molar-refractivity contribution in [3.8, 4) is 5.75 Å². The van der Waals surface area contributed by atoms with E-state index < -0.39 is 0 Å². The Hall–Kier alpha value is -3.15. The Morgan fingerprint density at radius 2 is 1.84 bits per heavy atom. The molecule has 0 fully saturated rings. The van der Waals surface area contributed by atoms with E-state index in [9.17, 15) is 4.79 Å². The summed E-state index contributed by atoms with van der Waals surface area (Å²) in [5, 5.41) is 1.80. The summed E-state index contributed by atoms with van der Waals surface area (Å²) in [7, 11) is 1.65. The highest BCUT2D eigenvalue weighted by Gasteiger charge is 2.24. The maximum absolute atomic E-state index is 13.7. The quantitative estimate of drug-likeness (QED) is 0.448. The lowest BCUT2D eigenvalue weighted by molar-refractivity contribution is 0.244. The van der Waals surface area contributed by atoms with Gasteiger partial charge in [-0.1, -0.05) is 35.9 Å². The molecule has 32 heavy (non-hydrogen) atoms. The standard InChI is InChI=1S/C26H24ClN3O2/c1-32-21-9-7-18(8-10-21)16-30-25-23(6-3-12-28-25)22-11-13-29(17-24(22)26(30)31)15-19-4-2-5-20(27)14-19/h2-10,12,14H,11,13,15-17H2,1H3. The van der Waals surface area contributed by atoms with E-state index in [-0.39, 0.29) is 5.56 Å². The molecule has 0 saturated carbocycles. The van der Waals surface area contributed by atoms with Crippen molar-refractivity contribution in [2.75, 3.05) is 13.7 Å². The SMILES string of the molecule is COc1ccc(Cn2c(=O)c3c(c4cccnc42)CCN(Cc2cccc(Cl)c2)C3)cc1. The van der Waals surface area contributed by atoms with Crippen LogP contribution in [0.25, 0.3) is 11.0 Å². The number of fused-ring (bicyclic) bond motifs is 3. The number of hydrogen-bond acceptors (Lipinski definition) is 4. The zero-order valence-electron chi connectivity index (χ0n) is 17.9. The summed E-state index contributed by atoms with van der Waals surface area (Å²) in [5.74, 6) is 0.797. The Labute approximate surface area is 191 Å². The number of rotatable bonds is 5. The van der Waals surface area contributed by atoms with E-state index in [4.69, 9.17) is 16.3 Å². The lowest BCUT2D eigenvalue weighted by Crippen LogP contribution is -2.37. The normalized spacial score (nSPS) is 13.8. The molecule has 0 aliphatic carbocycles. The van der Waals surface area contributed by atoms with Crippen molar-refractivity contribution in [3.63, 3.8) is 0 Å². The number of ether oxygens (including phenoxy) is 1. The first kappa shape index (κ1) is 20.7. The molecule has 6 heteroatoms. The first-order chi connectivity index (χ1) is 15.6. The summed E-state index contributed by atoms with van der Waals surface area (Å²) in [5.41, 5.74) is 4.97. The molecule has 5 rings (SSSR count). The van der Waals surface area contributed by atoms with Gasteiger partial charge in [0, 0.05) is 41.8 Å². The van der Waals surface area contributed by atoms with Crippen molar-refractivity contribution in [1.82, 2.24) is 14.5 Å². The van der Waals surface area contributed by atoms with Crippen molar-refractivity contribution in [2.45, 2.75) is 26.1 Å². The van der Waals surface area contributed by atoms with Gasteiger partial charge in [0.15, 0.2) is 0 Å². The first-order valence-corrected chi connectivity index (χ1v) is 11.1. The van der Waals surface area contributed by atoms with E-state index in [1.54, 1.807) is 17.9 Å². The molecule has 0 bridgehead atoms. The lowest BCUT2D eigenvalue weighted by Gasteiger charge is -2.30. The van der Waals surface area contributed by atoms with Gasteiger partial charge in [-0.15, -0.1) is 0 Å². The summed E-state index contributed by atoms with van der Waals surface area (Å²) < 4.78 is 7.07. The van der Waals surface area contributed by atoms with Gasteiger partial charge < -0.3 is 4.74 Å². The van der Waals surface area contributed by atoms with Crippen molar-refractivity contribution in [2.24, 2.45) is 0 Å². The molecule has 1 aliphatic heterocycles. The number of hydrogen-bond donors (Lipinski definition) is 0. The first-order valence-electron chi connectivity index (χ1n) is 10.7. The molecule has 0 radical (unpaired) electrons. The Morgan fingerprint density at radius 1 is 1.00 bits per heavy atom. The molecular formula is C26H24ClN3O2. The predicted octanol–water partition coefficient (Wildman–Crippen LogP) is 4.67. The van der Waals surface area contributed by atoms with E-state index in [0.29, 0.717) is 13.1 Å². The second-order valence-electron chi connectivity index (χ2n) is 8.16. The summed E-state index contributed by atoms with van der Waals surface area (Å²) in [6.07, 6.45) is 2.59. The highest BCUT2D eigenvalue weighted by Crippen LogP contribution is 2.26. The van der Waals surface area contributed by atoms with Gasteiger partial charge >= 0.3 is 0 Å². The van der Waals surface area contributed by atoms with Crippen LogP contribution in [0, 0.1) is 0 Å². The molecule has 1 aliphatic rings. The lowest BCUT2D eigenvalue weighted by atomic mass is 9.97. The van der Waals surface area contributed by atoms with Crippen LogP contribution in [0.5, 0.6) is 5.75 Å². The highest BCUT2D eigenvalue weighted by atomic mass is 35.5. The number of methoxy groups -OCH3 is 1. The molecule has 0 spiro atoms. The maximum Gasteiger partial charge on any atom is 0.257 e. The van der Waals surface area contributed by atoms with Crippen LogP contribution in [0.2, 0.25) is 5.02 Å². The smallest absolute Gasteiger partial charge is 0.257 e. The third-order valence-electron chi connectivity index (χ3n) is 6.09. The van der Waals surface area contributed by atoms with Crippen molar-refractivity contribution in [1.29, 1.82) is 0 Å². The Balaban J connectivity index is 1.53. The molecule has 3 heterocycles. The van der Waals surface area contributed by atoms with E-state index in [1.807, 2.05) is 48.5 Å². The minimum absolute atomic E-state index is 0.0396. The minimum Gasteiger partial charge on any atom is -0.497 e. The van der Waals surface area contributed by atoms with Crippen LogP contribution in [0.1, 0.15) is 22.3 Å². The topological polar surface area (TPSA) is 47.4 Å². The van der Waals surface area contributed by atoms with Crippen LogP contribution in [0.4, 0.5) is 0 Å². The van der Waals surface area contributed by atoms with Gasteiger partial charge in [-0.3, -0.25) is 14.3 Å². The number of benzene rings is 2. The van der Waals surface area contributed by atoms with Crippen LogP contribution < -0.4 is 10.3 Å². The fraction of sp³-hybridized carbons (Fsp3) is 0.231. The Bertz CT molecular complexity index is 1330. The fourth-order valence-corrected chi connectivity index (χ4v) is 4.72. The van der Waals surface area contributed by atoms with Crippen molar-refractivity contribution >= 4 is 22.6 Å². The molecule has 0 unspecified atom stereocenters. The van der Waals surface area contributed by atoms with E-state index in [1.165, 1.54) is 0 Å².